The fraction of sp³-hybridized carbons (Fsp3) is 0.500. The highest BCUT2D eigenvalue weighted by Crippen LogP contribution is 2.35. The smallest absolute Gasteiger partial charge is 0.328 e. The average Bonchev–Trinajstić information content (AvgIpc) is 2.86. The van der Waals surface area contributed by atoms with Gasteiger partial charge in [0.15, 0.2) is 0 Å². The van der Waals surface area contributed by atoms with Crippen LogP contribution in [0, 0.1) is 11.3 Å². The Morgan fingerprint density at radius 1 is 1.45 bits per heavy atom. The summed E-state index contributed by atoms with van der Waals surface area (Å²) in [5.74, 6) is 0.724. The summed E-state index contributed by atoms with van der Waals surface area (Å²) in [4.78, 5) is 17.2. The third kappa shape index (κ3) is 3.59. The molecule has 1 aliphatic heterocycles. The molecule has 0 aromatic carbocycles. The molecule has 20 heavy (non-hydrogen) atoms. The number of hydrogen-bond donors (Lipinski definition) is 1. The maximum atomic E-state index is 10.5. The van der Waals surface area contributed by atoms with Crippen molar-refractivity contribution in [3.05, 3.63) is 30.0 Å². The van der Waals surface area contributed by atoms with Gasteiger partial charge < -0.3 is 10.0 Å². The van der Waals surface area contributed by atoms with Crippen LogP contribution in [0.1, 0.15) is 32.8 Å². The second kappa shape index (κ2) is 5.65. The predicted octanol–water partition coefficient (Wildman–Crippen LogP) is 3.05. The number of aliphatic carboxylic acids is 1. The Balaban J connectivity index is 2.03. The number of rotatable bonds is 3. The minimum atomic E-state index is -0.943. The van der Waals surface area contributed by atoms with Crippen molar-refractivity contribution in [1.82, 2.24) is 4.98 Å². The molecule has 1 N–H and O–H groups in total. The first kappa shape index (κ1) is 14.6. The van der Waals surface area contributed by atoms with Gasteiger partial charge in [0.05, 0.1) is 0 Å². The van der Waals surface area contributed by atoms with Crippen LogP contribution in [0.4, 0.5) is 5.82 Å². The molecule has 1 saturated heterocycles. The van der Waals surface area contributed by atoms with Crippen molar-refractivity contribution in [3.8, 4) is 0 Å². The van der Waals surface area contributed by atoms with Crippen LogP contribution in [0.25, 0.3) is 6.08 Å². The minimum absolute atomic E-state index is 0.332. The lowest BCUT2D eigenvalue weighted by atomic mass is 9.80. The molecule has 0 aliphatic carbocycles. The van der Waals surface area contributed by atoms with Gasteiger partial charge in [-0.2, -0.15) is 0 Å². The third-order valence-corrected chi connectivity index (χ3v) is 3.93. The normalized spacial score (nSPS) is 19.8. The van der Waals surface area contributed by atoms with Crippen molar-refractivity contribution >= 4 is 17.9 Å². The Hall–Kier alpha value is -1.84. The molecule has 4 nitrogen and oxygen atoms in total. The van der Waals surface area contributed by atoms with Crippen LogP contribution in [0.3, 0.4) is 0 Å². The quantitative estimate of drug-likeness (QED) is 0.861. The highest BCUT2D eigenvalue weighted by molar-refractivity contribution is 5.85. The molecule has 0 amide bonds. The zero-order chi connectivity index (χ0) is 14.8. The van der Waals surface area contributed by atoms with Crippen LogP contribution in [-0.4, -0.2) is 29.1 Å². The predicted molar refractivity (Wildman–Crippen MR) is 80.7 cm³/mol. The van der Waals surface area contributed by atoms with E-state index in [9.17, 15) is 4.79 Å². The number of carboxylic acid groups (broad SMARTS) is 1. The molecule has 4 heteroatoms. The molecule has 0 spiro atoms. The van der Waals surface area contributed by atoms with Gasteiger partial charge >= 0.3 is 5.97 Å². The number of pyridine rings is 1. The first-order chi connectivity index (χ1) is 9.36. The number of aromatic nitrogens is 1. The molecule has 1 fully saturated rings. The lowest BCUT2D eigenvalue weighted by Crippen LogP contribution is -2.26. The van der Waals surface area contributed by atoms with Crippen molar-refractivity contribution < 1.29 is 9.90 Å². The van der Waals surface area contributed by atoms with E-state index < -0.39 is 5.97 Å². The second-order valence-corrected chi connectivity index (χ2v) is 6.42. The van der Waals surface area contributed by atoms with Gasteiger partial charge in [0, 0.05) is 25.4 Å². The summed E-state index contributed by atoms with van der Waals surface area (Å²) in [5, 5.41) is 8.59. The second-order valence-electron chi connectivity index (χ2n) is 6.42. The van der Waals surface area contributed by atoms with E-state index in [2.05, 4.69) is 30.7 Å². The van der Waals surface area contributed by atoms with E-state index in [4.69, 9.17) is 5.11 Å². The molecule has 1 unspecified atom stereocenters. The van der Waals surface area contributed by atoms with Crippen LogP contribution in [0.2, 0.25) is 0 Å². The molecule has 0 saturated carbocycles. The van der Waals surface area contributed by atoms with Crippen molar-refractivity contribution in [1.29, 1.82) is 0 Å². The maximum Gasteiger partial charge on any atom is 0.328 e. The van der Waals surface area contributed by atoms with E-state index in [0.29, 0.717) is 11.3 Å². The standard InChI is InChI=1S/C16H22N2O2/c1-16(2,3)13-8-9-18(11-13)14-6-4-12(10-17-14)5-7-15(19)20/h4-7,10,13H,8-9,11H2,1-3H3,(H,19,20)/b7-5+. The Bertz CT molecular complexity index is 500. The Labute approximate surface area is 120 Å². The van der Waals surface area contributed by atoms with Gasteiger partial charge in [-0.25, -0.2) is 9.78 Å². The number of hydrogen-bond acceptors (Lipinski definition) is 3. The zero-order valence-electron chi connectivity index (χ0n) is 12.3. The number of anilines is 1. The van der Waals surface area contributed by atoms with Gasteiger partial charge in [0.25, 0.3) is 0 Å². The van der Waals surface area contributed by atoms with Crippen LogP contribution >= 0.6 is 0 Å². The molecule has 1 aromatic rings. The molecular weight excluding hydrogens is 252 g/mol. The Morgan fingerprint density at radius 2 is 2.20 bits per heavy atom. The molecule has 2 rings (SSSR count). The number of carbonyl (C=O) groups is 1. The summed E-state index contributed by atoms with van der Waals surface area (Å²) in [6.45, 7) is 8.94. The Morgan fingerprint density at radius 3 is 2.70 bits per heavy atom. The highest BCUT2D eigenvalue weighted by atomic mass is 16.4. The summed E-state index contributed by atoms with van der Waals surface area (Å²) in [5.41, 5.74) is 1.14. The topological polar surface area (TPSA) is 53.4 Å². The molecule has 1 aromatic heterocycles. The van der Waals surface area contributed by atoms with Crippen LogP contribution in [0.15, 0.2) is 24.4 Å². The van der Waals surface area contributed by atoms with Crippen LogP contribution in [-0.2, 0) is 4.79 Å². The summed E-state index contributed by atoms with van der Waals surface area (Å²) in [6.07, 6.45) is 5.61. The van der Waals surface area contributed by atoms with Gasteiger partial charge in [0.2, 0.25) is 0 Å². The fourth-order valence-corrected chi connectivity index (χ4v) is 2.53. The van der Waals surface area contributed by atoms with E-state index in [1.165, 1.54) is 6.42 Å². The number of carboxylic acids is 1. The minimum Gasteiger partial charge on any atom is -0.478 e. The maximum absolute atomic E-state index is 10.5. The fourth-order valence-electron chi connectivity index (χ4n) is 2.53. The lowest BCUT2D eigenvalue weighted by molar-refractivity contribution is -0.131. The largest absolute Gasteiger partial charge is 0.478 e. The van der Waals surface area contributed by atoms with Crippen molar-refractivity contribution in [3.63, 3.8) is 0 Å². The van der Waals surface area contributed by atoms with Gasteiger partial charge in [-0.3, -0.25) is 0 Å². The first-order valence-electron chi connectivity index (χ1n) is 6.98. The van der Waals surface area contributed by atoms with E-state index in [1.54, 1.807) is 12.3 Å². The van der Waals surface area contributed by atoms with Gasteiger partial charge in [-0.1, -0.05) is 20.8 Å². The summed E-state index contributed by atoms with van der Waals surface area (Å²) < 4.78 is 0. The monoisotopic (exact) mass is 274 g/mol. The van der Waals surface area contributed by atoms with Crippen molar-refractivity contribution in [2.45, 2.75) is 27.2 Å². The van der Waals surface area contributed by atoms with Crippen molar-refractivity contribution in [2.24, 2.45) is 11.3 Å². The summed E-state index contributed by atoms with van der Waals surface area (Å²) in [7, 11) is 0. The first-order valence-corrected chi connectivity index (χ1v) is 6.98. The SMILES string of the molecule is CC(C)(C)C1CCN(c2ccc(/C=C/C(=O)O)cn2)C1. The zero-order valence-corrected chi connectivity index (χ0v) is 12.3. The van der Waals surface area contributed by atoms with Crippen LogP contribution < -0.4 is 4.90 Å². The molecule has 0 bridgehead atoms. The van der Waals surface area contributed by atoms with Crippen LogP contribution in [0.5, 0.6) is 0 Å². The highest BCUT2D eigenvalue weighted by Gasteiger charge is 2.32. The lowest BCUT2D eigenvalue weighted by Gasteiger charge is -2.27. The molecule has 2 heterocycles. The molecule has 0 radical (unpaired) electrons. The summed E-state index contributed by atoms with van der Waals surface area (Å²) in [6, 6.07) is 3.87. The van der Waals surface area contributed by atoms with Gasteiger partial charge in [-0.15, -0.1) is 0 Å². The molecule has 1 atom stereocenters. The van der Waals surface area contributed by atoms with E-state index in [-0.39, 0.29) is 0 Å². The van der Waals surface area contributed by atoms with Gasteiger partial charge in [0.1, 0.15) is 5.82 Å². The molecular formula is C16H22N2O2. The molecule has 108 valence electrons. The third-order valence-electron chi connectivity index (χ3n) is 3.93. The van der Waals surface area contributed by atoms with Crippen molar-refractivity contribution in [2.75, 3.05) is 18.0 Å². The van der Waals surface area contributed by atoms with E-state index >= 15 is 0 Å². The number of nitrogens with zero attached hydrogens (tertiary/aromatic N) is 2. The molecule has 1 aliphatic rings. The average molecular weight is 274 g/mol. The summed E-state index contributed by atoms with van der Waals surface area (Å²) >= 11 is 0. The van der Waals surface area contributed by atoms with Gasteiger partial charge in [-0.05, 0) is 41.5 Å². The van der Waals surface area contributed by atoms with E-state index in [1.807, 2.05) is 12.1 Å². The van der Waals surface area contributed by atoms with E-state index in [0.717, 1.165) is 30.5 Å². The Kier molecular flexibility index (Phi) is 4.12.